The number of halogens is 1. The van der Waals surface area contributed by atoms with Gasteiger partial charge in [-0.2, -0.15) is 0 Å². The molecule has 0 unspecified atom stereocenters. The van der Waals surface area contributed by atoms with E-state index >= 15 is 0 Å². The Morgan fingerprint density at radius 2 is 2.00 bits per heavy atom. The van der Waals surface area contributed by atoms with E-state index < -0.39 is 5.97 Å². The molecular weight excluding hydrogens is 250 g/mol. The van der Waals surface area contributed by atoms with E-state index in [1.807, 2.05) is 19.9 Å². The minimum Gasteiger partial charge on any atom is -0.478 e. The van der Waals surface area contributed by atoms with E-state index in [0.29, 0.717) is 5.02 Å². The van der Waals surface area contributed by atoms with E-state index in [-0.39, 0.29) is 5.56 Å². The minimum absolute atomic E-state index is 0.280. The van der Waals surface area contributed by atoms with E-state index in [1.54, 1.807) is 24.4 Å². The van der Waals surface area contributed by atoms with Crippen LogP contribution < -0.4 is 0 Å². The largest absolute Gasteiger partial charge is 0.478 e. The first-order valence-corrected chi connectivity index (χ1v) is 5.83. The first-order chi connectivity index (χ1) is 8.49. The Kier molecular flexibility index (Phi) is 3.34. The fraction of sp³-hybridized carbons (Fsp3) is 0.143. The topological polar surface area (TPSA) is 50.2 Å². The standard InChI is InChI=1S/C14H12ClNO2/c1-8-5-10(14(17)18)3-4-12(8)11-6-13(15)9(2)16-7-11/h3-7H,1-2H3,(H,17,18). The third-order valence-electron chi connectivity index (χ3n) is 2.81. The lowest BCUT2D eigenvalue weighted by atomic mass is 9.99. The average molecular weight is 262 g/mol. The van der Waals surface area contributed by atoms with Crippen LogP contribution in [0.1, 0.15) is 21.6 Å². The van der Waals surface area contributed by atoms with Crippen molar-refractivity contribution >= 4 is 17.6 Å². The van der Waals surface area contributed by atoms with Crippen LogP contribution in [0.15, 0.2) is 30.5 Å². The first kappa shape index (κ1) is 12.6. The fourth-order valence-corrected chi connectivity index (χ4v) is 1.94. The van der Waals surface area contributed by atoms with Crippen molar-refractivity contribution in [1.82, 2.24) is 4.98 Å². The van der Waals surface area contributed by atoms with Gasteiger partial charge >= 0.3 is 5.97 Å². The van der Waals surface area contributed by atoms with Gasteiger partial charge in [0.05, 0.1) is 16.3 Å². The molecule has 0 atom stereocenters. The van der Waals surface area contributed by atoms with Gasteiger partial charge in [-0.3, -0.25) is 4.98 Å². The molecule has 2 rings (SSSR count). The van der Waals surface area contributed by atoms with Crippen LogP contribution in [0.5, 0.6) is 0 Å². The molecule has 1 aromatic carbocycles. The summed E-state index contributed by atoms with van der Waals surface area (Å²) in [6.07, 6.45) is 1.74. The van der Waals surface area contributed by atoms with Crippen LogP contribution in [0, 0.1) is 13.8 Å². The van der Waals surface area contributed by atoms with Gasteiger partial charge in [0.25, 0.3) is 0 Å². The van der Waals surface area contributed by atoms with Gasteiger partial charge < -0.3 is 5.11 Å². The molecule has 0 aliphatic rings. The monoisotopic (exact) mass is 261 g/mol. The van der Waals surface area contributed by atoms with Crippen LogP contribution in [-0.4, -0.2) is 16.1 Å². The minimum atomic E-state index is -0.926. The SMILES string of the molecule is Cc1cc(C(=O)O)ccc1-c1cnc(C)c(Cl)c1. The summed E-state index contributed by atoms with van der Waals surface area (Å²) in [5.41, 5.74) is 3.77. The lowest BCUT2D eigenvalue weighted by molar-refractivity contribution is 0.0697. The molecular formula is C14H12ClNO2. The number of carboxylic acid groups (broad SMARTS) is 1. The van der Waals surface area contributed by atoms with Crippen LogP contribution in [-0.2, 0) is 0 Å². The number of nitrogens with zero attached hydrogens (tertiary/aromatic N) is 1. The lowest BCUT2D eigenvalue weighted by Gasteiger charge is -2.08. The molecule has 4 heteroatoms. The summed E-state index contributed by atoms with van der Waals surface area (Å²) in [6.45, 7) is 3.71. The second kappa shape index (κ2) is 4.78. The predicted octanol–water partition coefficient (Wildman–Crippen LogP) is 3.72. The van der Waals surface area contributed by atoms with Crippen molar-refractivity contribution in [2.24, 2.45) is 0 Å². The molecule has 0 aliphatic heterocycles. The molecule has 0 saturated heterocycles. The molecule has 0 aliphatic carbocycles. The summed E-state index contributed by atoms with van der Waals surface area (Å²) in [5, 5.41) is 9.52. The zero-order valence-corrected chi connectivity index (χ0v) is 10.8. The zero-order valence-electron chi connectivity index (χ0n) is 10.1. The molecule has 0 amide bonds. The Hall–Kier alpha value is -1.87. The number of aromatic carboxylic acids is 1. The van der Waals surface area contributed by atoms with Crippen molar-refractivity contribution in [2.45, 2.75) is 13.8 Å². The van der Waals surface area contributed by atoms with E-state index in [2.05, 4.69) is 4.98 Å². The number of carboxylic acids is 1. The maximum atomic E-state index is 10.9. The normalized spacial score (nSPS) is 10.4. The Morgan fingerprint density at radius 1 is 1.28 bits per heavy atom. The second-order valence-corrected chi connectivity index (χ2v) is 4.53. The van der Waals surface area contributed by atoms with Crippen molar-refractivity contribution in [1.29, 1.82) is 0 Å². The first-order valence-electron chi connectivity index (χ1n) is 5.45. The molecule has 0 radical (unpaired) electrons. The van der Waals surface area contributed by atoms with Crippen molar-refractivity contribution in [3.8, 4) is 11.1 Å². The van der Waals surface area contributed by atoms with Crippen molar-refractivity contribution in [3.63, 3.8) is 0 Å². The van der Waals surface area contributed by atoms with E-state index in [0.717, 1.165) is 22.4 Å². The highest BCUT2D eigenvalue weighted by molar-refractivity contribution is 6.31. The van der Waals surface area contributed by atoms with Gasteiger partial charge in [-0.1, -0.05) is 17.7 Å². The van der Waals surface area contributed by atoms with Gasteiger partial charge in [0.1, 0.15) is 0 Å². The molecule has 2 aromatic rings. The summed E-state index contributed by atoms with van der Waals surface area (Å²) in [7, 11) is 0. The van der Waals surface area contributed by atoms with E-state index in [9.17, 15) is 4.79 Å². The maximum Gasteiger partial charge on any atom is 0.335 e. The van der Waals surface area contributed by atoms with E-state index in [1.165, 1.54) is 0 Å². The Morgan fingerprint density at radius 3 is 2.56 bits per heavy atom. The van der Waals surface area contributed by atoms with Crippen LogP contribution >= 0.6 is 11.6 Å². The molecule has 0 saturated carbocycles. The van der Waals surface area contributed by atoms with Crippen LogP contribution in [0.2, 0.25) is 5.02 Å². The summed E-state index contributed by atoms with van der Waals surface area (Å²) in [4.78, 5) is 15.1. The summed E-state index contributed by atoms with van der Waals surface area (Å²) >= 11 is 6.04. The maximum absolute atomic E-state index is 10.9. The number of benzene rings is 1. The highest BCUT2D eigenvalue weighted by Gasteiger charge is 2.08. The molecule has 1 heterocycles. The Bertz CT molecular complexity index is 623. The summed E-state index contributed by atoms with van der Waals surface area (Å²) in [5.74, 6) is -0.926. The summed E-state index contributed by atoms with van der Waals surface area (Å²) < 4.78 is 0. The highest BCUT2D eigenvalue weighted by atomic mass is 35.5. The zero-order chi connectivity index (χ0) is 13.3. The number of rotatable bonds is 2. The third kappa shape index (κ3) is 2.36. The van der Waals surface area contributed by atoms with Gasteiger partial charge in [-0.15, -0.1) is 0 Å². The Balaban J connectivity index is 2.51. The number of carbonyl (C=O) groups is 1. The number of aryl methyl sites for hydroxylation is 2. The van der Waals surface area contributed by atoms with Crippen molar-refractivity contribution in [2.75, 3.05) is 0 Å². The molecule has 3 nitrogen and oxygen atoms in total. The van der Waals surface area contributed by atoms with Crippen molar-refractivity contribution in [3.05, 3.63) is 52.3 Å². The highest BCUT2D eigenvalue weighted by Crippen LogP contribution is 2.27. The van der Waals surface area contributed by atoms with Crippen molar-refractivity contribution < 1.29 is 9.90 Å². The average Bonchev–Trinajstić information content (AvgIpc) is 2.32. The Labute approximate surface area is 110 Å². The smallest absolute Gasteiger partial charge is 0.335 e. The van der Waals surface area contributed by atoms with Gasteiger partial charge in [0.2, 0.25) is 0 Å². The number of hydrogen-bond donors (Lipinski definition) is 1. The van der Waals surface area contributed by atoms with Crippen LogP contribution in [0.4, 0.5) is 0 Å². The quantitative estimate of drug-likeness (QED) is 0.896. The number of aromatic nitrogens is 1. The molecule has 0 fully saturated rings. The van der Waals surface area contributed by atoms with Gasteiger partial charge in [0.15, 0.2) is 0 Å². The molecule has 0 bridgehead atoms. The molecule has 0 spiro atoms. The second-order valence-electron chi connectivity index (χ2n) is 4.13. The van der Waals surface area contributed by atoms with E-state index in [4.69, 9.17) is 16.7 Å². The third-order valence-corrected chi connectivity index (χ3v) is 3.19. The number of hydrogen-bond acceptors (Lipinski definition) is 2. The molecule has 92 valence electrons. The molecule has 1 aromatic heterocycles. The van der Waals surface area contributed by atoms with Gasteiger partial charge in [-0.05, 0) is 43.2 Å². The summed E-state index contributed by atoms with van der Waals surface area (Å²) in [6, 6.07) is 6.85. The van der Waals surface area contributed by atoms with Crippen LogP contribution in [0.3, 0.4) is 0 Å². The van der Waals surface area contributed by atoms with Gasteiger partial charge in [0, 0.05) is 11.8 Å². The lowest BCUT2D eigenvalue weighted by Crippen LogP contribution is -1.97. The van der Waals surface area contributed by atoms with Gasteiger partial charge in [-0.25, -0.2) is 4.79 Å². The number of pyridine rings is 1. The fourth-order valence-electron chi connectivity index (χ4n) is 1.77. The molecule has 18 heavy (non-hydrogen) atoms. The molecule has 1 N–H and O–H groups in total. The van der Waals surface area contributed by atoms with Crippen LogP contribution in [0.25, 0.3) is 11.1 Å². The predicted molar refractivity (Wildman–Crippen MR) is 71.1 cm³/mol.